The Morgan fingerprint density at radius 1 is 1.20 bits per heavy atom. The first-order valence-electron chi connectivity index (χ1n) is 10.3. The number of carbonyl (C=O) groups is 1. The van der Waals surface area contributed by atoms with E-state index in [9.17, 15) is 4.79 Å². The number of nitrogens with zero attached hydrogens (tertiary/aromatic N) is 6. The van der Waals surface area contributed by atoms with Crippen LogP contribution in [0.4, 0.5) is 11.4 Å². The van der Waals surface area contributed by atoms with Crippen LogP contribution < -0.4 is 15.1 Å². The molecular formula is C21H29N7O2. The van der Waals surface area contributed by atoms with Gasteiger partial charge in [0.1, 0.15) is 6.54 Å². The third-order valence-corrected chi connectivity index (χ3v) is 5.52. The van der Waals surface area contributed by atoms with Crippen LogP contribution in [0.1, 0.15) is 5.56 Å². The number of guanidine groups is 1. The zero-order valence-corrected chi connectivity index (χ0v) is 17.6. The maximum atomic E-state index is 12.7. The van der Waals surface area contributed by atoms with Crippen molar-refractivity contribution in [2.24, 2.45) is 12.0 Å². The van der Waals surface area contributed by atoms with Crippen LogP contribution in [0.5, 0.6) is 0 Å². The molecule has 0 atom stereocenters. The van der Waals surface area contributed by atoms with Gasteiger partial charge < -0.3 is 24.8 Å². The Morgan fingerprint density at radius 2 is 2.00 bits per heavy atom. The Hall–Kier alpha value is -3.07. The van der Waals surface area contributed by atoms with Gasteiger partial charge in [0.05, 0.1) is 25.1 Å². The predicted octanol–water partition coefficient (Wildman–Crippen LogP) is 0.681. The highest BCUT2D eigenvalue weighted by atomic mass is 16.5. The SMILES string of the molecule is CN=C(NCc1ccccc1N1CCOCC1)N1CCN(c2cnn(C)c2)C(=O)C1. The van der Waals surface area contributed by atoms with Crippen LogP contribution in [0.15, 0.2) is 41.7 Å². The summed E-state index contributed by atoms with van der Waals surface area (Å²) in [6, 6.07) is 8.41. The number of aliphatic imine (C=N–C) groups is 1. The monoisotopic (exact) mass is 411 g/mol. The molecule has 2 aliphatic heterocycles. The number of ether oxygens (including phenoxy) is 1. The lowest BCUT2D eigenvalue weighted by molar-refractivity contribution is -0.120. The number of hydrogen-bond acceptors (Lipinski definition) is 5. The van der Waals surface area contributed by atoms with E-state index in [-0.39, 0.29) is 5.91 Å². The maximum Gasteiger partial charge on any atom is 0.246 e. The second kappa shape index (κ2) is 9.17. The zero-order chi connectivity index (χ0) is 20.9. The fourth-order valence-electron chi connectivity index (χ4n) is 3.95. The molecule has 0 saturated carbocycles. The highest BCUT2D eigenvalue weighted by Crippen LogP contribution is 2.21. The molecule has 1 amide bonds. The molecule has 160 valence electrons. The number of aryl methyl sites for hydroxylation is 1. The van der Waals surface area contributed by atoms with Gasteiger partial charge >= 0.3 is 0 Å². The third-order valence-electron chi connectivity index (χ3n) is 5.52. The summed E-state index contributed by atoms with van der Waals surface area (Å²) in [4.78, 5) is 23.3. The molecule has 9 nitrogen and oxygen atoms in total. The molecule has 3 heterocycles. The fraction of sp³-hybridized carbons (Fsp3) is 0.476. The van der Waals surface area contributed by atoms with Gasteiger partial charge in [-0.1, -0.05) is 18.2 Å². The Morgan fingerprint density at radius 3 is 2.70 bits per heavy atom. The molecule has 0 bridgehead atoms. The Kier molecular flexibility index (Phi) is 6.18. The van der Waals surface area contributed by atoms with Crippen LogP contribution in [0.25, 0.3) is 0 Å². The van der Waals surface area contributed by atoms with Gasteiger partial charge in [-0.3, -0.25) is 14.5 Å². The number of benzene rings is 1. The van der Waals surface area contributed by atoms with Crippen molar-refractivity contribution in [1.82, 2.24) is 20.0 Å². The number of amides is 1. The van der Waals surface area contributed by atoms with Crippen LogP contribution in [0, 0.1) is 0 Å². The standard InChI is InChI=1S/C21H29N7O2/c1-22-21(27-7-8-28(20(29)16-27)18-14-24-25(2)15-18)23-13-17-5-3-4-6-19(17)26-9-11-30-12-10-26/h3-6,14-15H,7-13,16H2,1-2H3,(H,22,23). The summed E-state index contributed by atoms with van der Waals surface area (Å²) in [6.07, 6.45) is 3.59. The number of anilines is 2. The lowest BCUT2D eigenvalue weighted by Gasteiger charge is -2.35. The van der Waals surface area contributed by atoms with Crippen molar-refractivity contribution in [2.75, 3.05) is 62.8 Å². The van der Waals surface area contributed by atoms with E-state index in [1.54, 1.807) is 22.8 Å². The van der Waals surface area contributed by atoms with E-state index in [0.29, 0.717) is 26.2 Å². The van der Waals surface area contributed by atoms with E-state index in [4.69, 9.17) is 4.74 Å². The third kappa shape index (κ3) is 4.40. The minimum atomic E-state index is 0.0471. The second-order valence-corrected chi connectivity index (χ2v) is 7.47. The van der Waals surface area contributed by atoms with Gasteiger partial charge in [-0.15, -0.1) is 0 Å². The van der Waals surface area contributed by atoms with Gasteiger partial charge in [-0.25, -0.2) is 0 Å². The molecule has 0 aliphatic carbocycles. The van der Waals surface area contributed by atoms with Gasteiger partial charge in [-0.05, 0) is 11.6 Å². The average molecular weight is 412 g/mol. The summed E-state index contributed by atoms with van der Waals surface area (Å²) in [5.41, 5.74) is 3.27. The highest BCUT2D eigenvalue weighted by molar-refractivity contribution is 5.98. The number of carbonyl (C=O) groups excluding carboxylic acids is 1. The Labute approximate surface area is 176 Å². The number of morpholine rings is 1. The van der Waals surface area contributed by atoms with Gasteiger partial charge in [0, 0.05) is 58.7 Å². The number of nitrogens with one attached hydrogen (secondary N) is 1. The maximum absolute atomic E-state index is 12.7. The van der Waals surface area contributed by atoms with Gasteiger partial charge in [0.15, 0.2) is 5.96 Å². The summed E-state index contributed by atoms with van der Waals surface area (Å²) in [6.45, 7) is 5.57. The van der Waals surface area contributed by atoms with Crippen molar-refractivity contribution in [3.63, 3.8) is 0 Å². The van der Waals surface area contributed by atoms with E-state index in [1.807, 2.05) is 18.1 Å². The minimum Gasteiger partial charge on any atom is -0.378 e. The molecule has 2 saturated heterocycles. The van der Waals surface area contributed by atoms with Crippen molar-refractivity contribution in [2.45, 2.75) is 6.54 Å². The van der Waals surface area contributed by atoms with Crippen LogP contribution in [0.2, 0.25) is 0 Å². The number of aromatic nitrogens is 2. The molecule has 1 aromatic heterocycles. The molecule has 2 aromatic rings. The van der Waals surface area contributed by atoms with Crippen LogP contribution in [0.3, 0.4) is 0 Å². The van der Waals surface area contributed by atoms with Crippen LogP contribution in [-0.4, -0.2) is 79.5 Å². The minimum absolute atomic E-state index is 0.0471. The largest absolute Gasteiger partial charge is 0.378 e. The smallest absolute Gasteiger partial charge is 0.246 e. The summed E-state index contributed by atoms with van der Waals surface area (Å²) >= 11 is 0. The number of piperazine rings is 1. The molecule has 1 aromatic carbocycles. The molecule has 30 heavy (non-hydrogen) atoms. The summed E-state index contributed by atoms with van der Waals surface area (Å²) in [5.74, 6) is 0.789. The molecule has 0 radical (unpaired) electrons. The zero-order valence-electron chi connectivity index (χ0n) is 17.6. The number of rotatable bonds is 4. The van der Waals surface area contributed by atoms with E-state index >= 15 is 0 Å². The molecule has 2 aliphatic rings. The fourth-order valence-corrected chi connectivity index (χ4v) is 3.95. The summed E-state index contributed by atoms with van der Waals surface area (Å²) in [5, 5.41) is 7.61. The molecule has 4 rings (SSSR count). The Bertz CT molecular complexity index is 904. The van der Waals surface area contributed by atoms with E-state index in [2.05, 4.69) is 44.6 Å². The van der Waals surface area contributed by atoms with Crippen molar-refractivity contribution in [1.29, 1.82) is 0 Å². The molecule has 2 fully saturated rings. The first kappa shape index (κ1) is 20.2. The first-order chi connectivity index (χ1) is 14.7. The van der Waals surface area contributed by atoms with Crippen molar-refractivity contribution >= 4 is 23.2 Å². The van der Waals surface area contributed by atoms with Crippen molar-refractivity contribution < 1.29 is 9.53 Å². The quantitative estimate of drug-likeness (QED) is 0.589. The van der Waals surface area contributed by atoms with E-state index in [1.165, 1.54) is 11.3 Å². The van der Waals surface area contributed by atoms with Gasteiger partial charge in [0.25, 0.3) is 0 Å². The predicted molar refractivity (Wildman–Crippen MR) is 117 cm³/mol. The van der Waals surface area contributed by atoms with Gasteiger partial charge in [-0.2, -0.15) is 5.10 Å². The van der Waals surface area contributed by atoms with E-state index in [0.717, 1.165) is 38.0 Å². The molecule has 0 spiro atoms. The molecular weight excluding hydrogens is 382 g/mol. The topological polar surface area (TPSA) is 78.2 Å². The summed E-state index contributed by atoms with van der Waals surface area (Å²) < 4.78 is 7.19. The molecule has 1 N–H and O–H groups in total. The normalized spacial score (nSPS) is 18.1. The van der Waals surface area contributed by atoms with Gasteiger partial charge in [0.2, 0.25) is 5.91 Å². The number of para-hydroxylation sites is 1. The van der Waals surface area contributed by atoms with Crippen molar-refractivity contribution in [3.05, 3.63) is 42.2 Å². The second-order valence-electron chi connectivity index (χ2n) is 7.47. The van der Waals surface area contributed by atoms with Crippen LogP contribution >= 0.6 is 0 Å². The Balaban J connectivity index is 1.39. The summed E-state index contributed by atoms with van der Waals surface area (Å²) in [7, 11) is 3.61. The average Bonchev–Trinajstić information content (AvgIpc) is 3.21. The van der Waals surface area contributed by atoms with Crippen LogP contribution in [-0.2, 0) is 23.1 Å². The lowest BCUT2D eigenvalue weighted by Crippen LogP contribution is -2.55. The highest BCUT2D eigenvalue weighted by Gasteiger charge is 2.27. The first-order valence-corrected chi connectivity index (χ1v) is 10.3. The van der Waals surface area contributed by atoms with E-state index < -0.39 is 0 Å². The number of hydrogen-bond donors (Lipinski definition) is 1. The van der Waals surface area contributed by atoms with Crippen molar-refractivity contribution in [3.8, 4) is 0 Å². The molecule has 9 heteroatoms. The lowest BCUT2D eigenvalue weighted by atomic mass is 10.1. The molecule has 0 unspecified atom stereocenters.